The molecule has 17 heavy (non-hydrogen) atoms. The van der Waals surface area contributed by atoms with Gasteiger partial charge in [0.05, 0.1) is 0 Å². The second-order valence-corrected chi connectivity index (χ2v) is 4.94. The van der Waals surface area contributed by atoms with Crippen molar-refractivity contribution >= 4 is 5.52 Å². The molecule has 0 radical (unpaired) electrons. The highest BCUT2D eigenvalue weighted by Gasteiger charge is 2.14. The summed E-state index contributed by atoms with van der Waals surface area (Å²) in [5, 5.41) is 0. The minimum Gasteiger partial charge on any atom is -0.328 e. The van der Waals surface area contributed by atoms with Gasteiger partial charge in [-0.15, -0.1) is 0 Å². The summed E-state index contributed by atoms with van der Waals surface area (Å²) in [6.45, 7) is 6.54. The van der Waals surface area contributed by atoms with E-state index in [0.717, 1.165) is 12.8 Å². The van der Waals surface area contributed by atoms with Crippen LogP contribution in [0.3, 0.4) is 0 Å². The summed E-state index contributed by atoms with van der Waals surface area (Å²) in [5.41, 5.74) is 11.6. The first-order valence-corrected chi connectivity index (χ1v) is 6.48. The molecule has 92 valence electrons. The molecule has 0 aliphatic heterocycles. The first-order valence-electron chi connectivity index (χ1n) is 6.48. The fourth-order valence-electron chi connectivity index (χ4n) is 2.60. The fourth-order valence-corrected chi connectivity index (χ4v) is 2.60. The largest absolute Gasteiger partial charge is 0.328 e. The number of nitrogens with two attached hydrogens (primary N) is 1. The summed E-state index contributed by atoms with van der Waals surface area (Å²) in [5.74, 6) is 0. The average molecular weight is 230 g/mol. The number of pyridine rings is 1. The maximum Gasteiger partial charge on any atom is 0.0488 e. The summed E-state index contributed by atoms with van der Waals surface area (Å²) in [4.78, 5) is 0. The van der Waals surface area contributed by atoms with E-state index in [-0.39, 0.29) is 6.04 Å². The Bertz CT molecular complexity index is 509. The number of nitrogens with zero attached hydrogens (tertiary/aromatic N) is 1. The highest BCUT2D eigenvalue weighted by molar-refractivity contribution is 5.62. The van der Waals surface area contributed by atoms with Crippen LogP contribution >= 0.6 is 0 Å². The minimum atomic E-state index is 0.217. The van der Waals surface area contributed by atoms with Crippen molar-refractivity contribution < 1.29 is 0 Å². The van der Waals surface area contributed by atoms with Crippen molar-refractivity contribution in [1.29, 1.82) is 0 Å². The molecule has 0 aliphatic carbocycles. The van der Waals surface area contributed by atoms with Crippen LogP contribution in [0.15, 0.2) is 24.4 Å². The molecule has 2 aromatic heterocycles. The van der Waals surface area contributed by atoms with Crippen LogP contribution in [0.1, 0.15) is 37.1 Å². The molecule has 0 bridgehead atoms. The van der Waals surface area contributed by atoms with Crippen molar-refractivity contribution in [3.8, 4) is 0 Å². The van der Waals surface area contributed by atoms with Gasteiger partial charge in [0, 0.05) is 23.4 Å². The molecule has 0 aliphatic rings. The number of hydrogen-bond acceptors (Lipinski definition) is 1. The molecule has 0 amide bonds. The Labute approximate surface area is 103 Å². The molecule has 0 spiro atoms. The van der Waals surface area contributed by atoms with Crippen molar-refractivity contribution in [1.82, 2.24) is 4.40 Å². The van der Waals surface area contributed by atoms with Gasteiger partial charge in [-0.3, -0.25) is 0 Å². The van der Waals surface area contributed by atoms with Gasteiger partial charge in [-0.25, -0.2) is 0 Å². The first-order chi connectivity index (χ1) is 8.15. The summed E-state index contributed by atoms with van der Waals surface area (Å²) >= 11 is 0. The number of hydrogen-bond donors (Lipinski definition) is 1. The lowest BCUT2D eigenvalue weighted by molar-refractivity contribution is 0.738. The second-order valence-electron chi connectivity index (χ2n) is 4.94. The van der Waals surface area contributed by atoms with Crippen LogP contribution in [-0.4, -0.2) is 10.4 Å². The fraction of sp³-hybridized carbons (Fsp3) is 0.467. The third kappa shape index (κ3) is 2.22. The van der Waals surface area contributed by atoms with Crippen LogP contribution in [-0.2, 0) is 12.8 Å². The Morgan fingerprint density at radius 1 is 1.35 bits per heavy atom. The molecule has 2 rings (SSSR count). The summed E-state index contributed by atoms with van der Waals surface area (Å²) in [7, 11) is 0. The summed E-state index contributed by atoms with van der Waals surface area (Å²) in [6, 6.07) is 6.62. The first kappa shape index (κ1) is 12.2. The monoisotopic (exact) mass is 230 g/mol. The smallest absolute Gasteiger partial charge is 0.0488 e. The van der Waals surface area contributed by atoms with Gasteiger partial charge in [-0.05, 0) is 49.9 Å². The number of aryl methyl sites for hydroxylation is 1. The second kappa shape index (κ2) is 4.92. The SMILES string of the molecule is CCCc1c(C)c(CC(C)N)c2ccccn12. The van der Waals surface area contributed by atoms with Crippen molar-refractivity contribution in [2.45, 2.75) is 46.1 Å². The van der Waals surface area contributed by atoms with Crippen LogP contribution in [0.2, 0.25) is 0 Å². The highest BCUT2D eigenvalue weighted by atomic mass is 14.9. The van der Waals surface area contributed by atoms with Gasteiger partial charge < -0.3 is 10.1 Å². The molecule has 0 aromatic carbocycles. The van der Waals surface area contributed by atoms with Gasteiger partial charge in [0.2, 0.25) is 0 Å². The molecule has 1 atom stereocenters. The van der Waals surface area contributed by atoms with E-state index in [2.05, 4.69) is 49.6 Å². The molecule has 0 saturated carbocycles. The van der Waals surface area contributed by atoms with Gasteiger partial charge >= 0.3 is 0 Å². The zero-order valence-corrected chi connectivity index (χ0v) is 11.0. The molecule has 2 heterocycles. The lowest BCUT2D eigenvalue weighted by Gasteiger charge is -2.05. The molecule has 1 unspecified atom stereocenters. The Morgan fingerprint density at radius 2 is 2.12 bits per heavy atom. The lowest BCUT2D eigenvalue weighted by Crippen LogP contribution is -2.18. The number of rotatable bonds is 4. The topological polar surface area (TPSA) is 30.4 Å². The van der Waals surface area contributed by atoms with E-state index in [9.17, 15) is 0 Å². The van der Waals surface area contributed by atoms with E-state index in [1.54, 1.807) is 0 Å². The summed E-state index contributed by atoms with van der Waals surface area (Å²) < 4.78 is 2.33. The third-order valence-electron chi connectivity index (χ3n) is 3.36. The van der Waals surface area contributed by atoms with E-state index in [1.165, 1.54) is 28.8 Å². The van der Waals surface area contributed by atoms with Gasteiger partial charge in [0.25, 0.3) is 0 Å². The quantitative estimate of drug-likeness (QED) is 0.859. The van der Waals surface area contributed by atoms with Crippen molar-refractivity contribution in [2.24, 2.45) is 5.73 Å². The van der Waals surface area contributed by atoms with Crippen LogP contribution < -0.4 is 5.73 Å². The Balaban J connectivity index is 2.61. The predicted octanol–water partition coefficient (Wildman–Crippen LogP) is 3.09. The lowest BCUT2D eigenvalue weighted by atomic mass is 10.0. The molecule has 2 aromatic rings. The van der Waals surface area contributed by atoms with Gasteiger partial charge in [0.1, 0.15) is 0 Å². The number of aromatic nitrogens is 1. The van der Waals surface area contributed by atoms with E-state index in [4.69, 9.17) is 5.73 Å². The van der Waals surface area contributed by atoms with Crippen LogP contribution in [0, 0.1) is 6.92 Å². The van der Waals surface area contributed by atoms with Crippen molar-refractivity contribution in [3.05, 3.63) is 41.2 Å². The Morgan fingerprint density at radius 3 is 2.76 bits per heavy atom. The zero-order chi connectivity index (χ0) is 12.4. The van der Waals surface area contributed by atoms with Gasteiger partial charge in [-0.1, -0.05) is 19.4 Å². The van der Waals surface area contributed by atoms with Gasteiger partial charge in [0.15, 0.2) is 0 Å². The molecule has 2 N–H and O–H groups in total. The summed E-state index contributed by atoms with van der Waals surface area (Å²) in [6.07, 6.45) is 5.44. The maximum absolute atomic E-state index is 5.96. The van der Waals surface area contributed by atoms with Crippen molar-refractivity contribution in [2.75, 3.05) is 0 Å². The molecular weight excluding hydrogens is 208 g/mol. The third-order valence-corrected chi connectivity index (χ3v) is 3.36. The molecule has 2 nitrogen and oxygen atoms in total. The zero-order valence-electron chi connectivity index (χ0n) is 11.0. The molecule has 0 saturated heterocycles. The van der Waals surface area contributed by atoms with E-state index in [1.807, 2.05) is 0 Å². The molecule has 0 fully saturated rings. The van der Waals surface area contributed by atoms with E-state index >= 15 is 0 Å². The number of fused-ring (bicyclic) bond motifs is 1. The van der Waals surface area contributed by atoms with Gasteiger partial charge in [-0.2, -0.15) is 0 Å². The van der Waals surface area contributed by atoms with Crippen LogP contribution in [0.4, 0.5) is 0 Å². The van der Waals surface area contributed by atoms with Crippen LogP contribution in [0.5, 0.6) is 0 Å². The Hall–Kier alpha value is -1.28. The Kier molecular flexibility index (Phi) is 3.53. The minimum absolute atomic E-state index is 0.217. The maximum atomic E-state index is 5.96. The van der Waals surface area contributed by atoms with Crippen molar-refractivity contribution in [3.63, 3.8) is 0 Å². The predicted molar refractivity (Wildman–Crippen MR) is 73.5 cm³/mol. The molecular formula is C15H22N2. The standard InChI is InChI=1S/C15H22N2/c1-4-7-14-12(3)13(10-11(2)16)15-8-5-6-9-17(14)15/h5-6,8-9,11H,4,7,10,16H2,1-3H3. The highest BCUT2D eigenvalue weighted by Crippen LogP contribution is 2.25. The van der Waals surface area contributed by atoms with E-state index in [0.29, 0.717) is 0 Å². The van der Waals surface area contributed by atoms with E-state index < -0.39 is 0 Å². The average Bonchev–Trinajstić information content (AvgIpc) is 2.55. The van der Waals surface area contributed by atoms with Crippen LogP contribution in [0.25, 0.3) is 5.52 Å². The molecule has 2 heteroatoms. The normalized spacial score (nSPS) is 13.2.